The van der Waals surface area contributed by atoms with Crippen LogP contribution in [0.4, 0.5) is 0 Å². The summed E-state index contributed by atoms with van der Waals surface area (Å²) >= 11 is 1.29. The highest BCUT2D eigenvalue weighted by atomic mass is 32.2. The van der Waals surface area contributed by atoms with E-state index in [0.717, 1.165) is 5.03 Å². The Morgan fingerprint density at radius 1 is 1.64 bits per heavy atom. The van der Waals surface area contributed by atoms with Crippen LogP contribution < -0.4 is 0 Å². The average Bonchev–Trinajstić information content (AvgIpc) is 2.19. The largest absolute Gasteiger partial charge is 0.480 e. The number of aliphatic carboxylic acids is 1. The van der Waals surface area contributed by atoms with E-state index in [9.17, 15) is 4.79 Å². The Balaban J connectivity index is 2.81. The number of hydrogen-bond acceptors (Lipinski definition) is 3. The first kappa shape index (κ1) is 11.0. The van der Waals surface area contributed by atoms with Crippen molar-refractivity contribution in [1.82, 2.24) is 4.98 Å². The van der Waals surface area contributed by atoms with Crippen molar-refractivity contribution in [2.24, 2.45) is 0 Å². The fraction of sp³-hybridized carbons (Fsp3) is 0.400. The number of carbonyl (C=O) groups is 1. The molecule has 1 unspecified atom stereocenters. The third-order valence-electron chi connectivity index (χ3n) is 2.09. The van der Waals surface area contributed by atoms with Gasteiger partial charge < -0.3 is 5.11 Å². The van der Waals surface area contributed by atoms with E-state index in [1.807, 2.05) is 25.1 Å². The zero-order valence-electron chi connectivity index (χ0n) is 8.23. The minimum Gasteiger partial charge on any atom is -0.480 e. The summed E-state index contributed by atoms with van der Waals surface area (Å²) < 4.78 is -0.783. The molecule has 0 aliphatic carbocycles. The van der Waals surface area contributed by atoms with Crippen LogP contribution in [0.1, 0.15) is 20.3 Å². The average molecular weight is 211 g/mol. The van der Waals surface area contributed by atoms with Crippen molar-refractivity contribution in [2.75, 3.05) is 0 Å². The van der Waals surface area contributed by atoms with Crippen LogP contribution in [0.25, 0.3) is 0 Å². The summed E-state index contributed by atoms with van der Waals surface area (Å²) in [5.41, 5.74) is 0. The minimum absolute atomic E-state index is 0.573. The number of aromatic nitrogens is 1. The zero-order valence-corrected chi connectivity index (χ0v) is 9.04. The maximum atomic E-state index is 11.0. The molecule has 0 aromatic carbocycles. The molecule has 1 atom stereocenters. The van der Waals surface area contributed by atoms with E-state index in [0.29, 0.717) is 6.42 Å². The monoisotopic (exact) mass is 211 g/mol. The van der Waals surface area contributed by atoms with Gasteiger partial charge in [0.15, 0.2) is 0 Å². The normalized spacial score (nSPS) is 14.7. The first-order valence-electron chi connectivity index (χ1n) is 4.42. The number of carboxylic acid groups (broad SMARTS) is 1. The summed E-state index contributed by atoms with van der Waals surface area (Å²) in [5, 5.41) is 9.79. The summed E-state index contributed by atoms with van der Waals surface area (Å²) in [4.78, 5) is 15.1. The number of rotatable bonds is 4. The van der Waals surface area contributed by atoms with E-state index in [1.165, 1.54) is 11.8 Å². The standard InChI is InChI=1S/C10H13NO2S/c1-3-10(2,9(12)13)14-8-6-4-5-7-11-8/h4-7H,3H2,1-2H3,(H,12,13). The van der Waals surface area contributed by atoms with Crippen molar-refractivity contribution in [3.05, 3.63) is 24.4 Å². The summed E-state index contributed by atoms with van der Waals surface area (Å²) in [6.07, 6.45) is 2.24. The number of hydrogen-bond donors (Lipinski definition) is 1. The van der Waals surface area contributed by atoms with Crippen LogP contribution in [0, 0.1) is 0 Å². The van der Waals surface area contributed by atoms with Crippen molar-refractivity contribution in [3.8, 4) is 0 Å². The molecule has 1 heterocycles. The van der Waals surface area contributed by atoms with E-state index in [1.54, 1.807) is 13.1 Å². The molecular weight excluding hydrogens is 198 g/mol. The number of nitrogens with zero attached hydrogens (tertiary/aromatic N) is 1. The van der Waals surface area contributed by atoms with Gasteiger partial charge in [-0.2, -0.15) is 0 Å². The van der Waals surface area contributed by atoms with Crippen LogP contribution in [0.3, 0.4) is 0 Å². The molecule has 0 aliphatic rings. The Hall–Kier alpha value is -1.03. The number of carboxylic acids is 1. The zero-order chi connectivity index (χ0) is 10.6. The van der Waals surface area contributed by atoms with Crippen LogP contribution in [-0.4, -0.2) is 20.8 Å². The van der Waals surface area contributed by atoms with Gasteiger partial charge >= 0.3 is 5.97 Å². The van der Waals surface area contributed by atoms with Gasteiger partial charge in [-0.25, -0.2) is 4.98 Å². The van der Waals surface area contributed by atoms with Crippen molar-refractivity contribution in [1.29, 1.82) is 0 Å². The molecule has 0 saturated heterocycles. The van der Waals surface area contributed by atoms with Crippen LogP contribution >= 0.6 is 11.8 Å². The van der Waals surface area contributed by atoms with Gasteiger partial charge in [0.1, 0.15) is 4.75 Å². The second-order valence-corrected chi connectivity index (χ2v) is 4.68. The van der Waals surface area contributed by atoms with Crippen LogP contribution in [0.15, 0.2) is 29.4 Å². The third-order valence-corrected chi connectivity index (χ3v) is 3.46. The number of pyridine rings is 1. The molecular formula is C10H13NO2S. The molecule has 0 radical (unpaired) electrons. The van der Waals surface area contributed by atoms with Crippen molar-refractivity contribution in [3.63, 3.8) is 0 Å². The molecule has 0 aliphatic heterocycles. The molecule has 0 amide bonds. The van der Waals surface area contributed by atoms with Crippen LogP contribution in [0.2, 0.25) is 0 Å². The quantitative estimate of drug-likeness (QED) is 0.777. The lowest BCUT2D eigenvalue weighted by atomic mass is 10.1. The number of thioether (sulfide) groups is 1. The maximum Gasteiger partial charge on any atom is 0.319 e. The predicted molar refractivity (Wildman–Crippen MR) is 56.4 cm³/mol. The van der Waals surface area contributed by atoms with Gasteiger partial charge in [0.2, 0.25) is 0 Å². The summed E-state index contributed by atoms with van der Waals surface area (Å²) in [6.45, 7) is 3.58. The Morgan fingerprint density at radius 3 is 2.79 bits per heavy atom. The highest BCUT2D eigenvalue weighted by molar-refractivity contribution is 8.01. The molecule has 1 aromatic heterocycles. The van der Waals surface area contributed by atoms with Gasteiger partial charge in [-0.3, -0.25) is 4.79 Å². The predicted octanol–water partition coefficient (Wildman–Crippen LogP) is 2.43. The van der Waals surface area contributed by atoms with Gasteiger partial charge in [0, 0.05) is 6.20 Å². The van der Waals surface area contributed by atoms with Gasteiger partial charge in [0.25, 0.3) is 0 Å². The molecule has 3 nitrogen and oxygen atoms in total. The molecule has 0 spiro atoms. The first-order valence-corrected chi connectivity index (χ1v) is 5.23. The van der Waals surface area contributed by atoms with Crippen LogP contribution in [-0.2, 0) is 4.79 Å². The highest BCUT2D eigenvalue weighted by Crippen LogP contribution is 2.34. The second kappa shape index (κ2) is 4.46. The lowest BCUT2D eigenvalue weighted by Gasteiger charge is -2.21. The lowest BCUT2D eigenvalue weighted by molar-refractivity contribution is -0.139. The Labute approximate surface area is 87.6 Å². The van der Waals surface area contributed by atoms with E-state index in [-0.39, 0.29) is 0 Å². The smallest absolute Gasteiger partial charge is 0.319 e. The molecule has 1 aromatic rings. The summed E-state index contributed by atoms with van der Waals surface area (Å²) in [6, 6.07) is 5.49. The Kier molecular flexibility index (Phi) is 3.52. The summed E-state index contributed by atoms with van der Waals surface area (Å²) in [7, 11) is 0. The molecule has 76 valence electrons. The fourth-order valence-corrected chi connectivity index (χ4v) is 1.86. The minimum atomic E-state index is -0.796. The molecule has 1 N–H and O–H groups in total. The molecule has 0 fully saturated rings. The SMILES string of the molecule is CCC(C)(Sc1ccccn1)C(=O)O. The maximum absolute atomic E-state index is 11.0. The van der Waals surface area contributed by atoms with E-state index in [2.05, 4.69) is 4.98 Å². The van der Waals surface area contributed by atoms with Gasteiger partial charge in [-0.15, -0.1) is 0 Å². The third kappa shape index (κ3) is 2.48. The first-order chi connectivity index (χ1) is 6.58. The van der Waals surface area contributed by atoms with E-state index < -0.39 is 10.7 Å². The van der Waals surface area contributed by atoms with Crippen molar-refractivity contribution in [2.45, 2.75) is 30.0 Å². The molecule has 4 heteroatoms. The Bertz CT molecular complexity index is 315. The van der Waals surface area contributed by atoms with Crippen LogP contribution in [0.5, 0.6) is 0 Å². The van der Waals surface area contributed by atoms with Crippen molar-refractivity contribution >= 4 is 17.7 Å². The molecule has 1 rings (SSSR count). The van der Waals surface area contributed by atoms with Gasteiger partial charge in [-0.05, 0) is 25.5 Å². The topological polar surface area (TPSA) is 50.2 Å². The highest BCUT2D eigenvalue weighted by Gasteiger charge is 2.32. The van der Waals surface area contributed by atoms with Crippen molar-refractivity contribution < 1.29 is 9.90 Å². The van der Waals surface area contributed by atoms with Gasteiger partial charge in [-0.1, -0.05) is 24.8 Å². The van der Waals surface area contributed by atoms with E-state index in [4.69, 9.17) is 5.11 Å². The van der Waals surface area contributed by atoms with E-state index >= 15 is 0 Å². The lowest BCUT2D eigenvalue weighted by Crippen LogP contribution is -2.30. The Morgan fingerprint density at radius 2 is 2.36 bits per heavy atom. The summed E-state index contributed by atoms with van der Waals surface area (Å²) in [5.74, 6) is -0.796. The molecule has 14 heavy (non-hydrogen) atoms. The second-order valence-electron chi connectivity index (χ2n) is 3.16. The molecule has 0 bridgehead atoms. The fourth-order valence-electron chi connectivity index (χ4n) is 0.905. The van der Waals surface area contributed by atoms with Gasteiger partial charge in [0.05, 0.1) is 5.03 Å². The molecule has 0 saturated carbocycles.